The van der Waals surface area contributed by atoms with Crippen molar-refractivity contribution in [2.45, 2.75) is 20.4 Å². The minimum absolute atomic E-state index is 0.0833. The number of halogens is 2. The average molecular weight is 347 g/mol. The molecule has 0 unspecified atom stereocenters. The summed E-state index contributed by atoms with van der Waals surface area (Å²) in [5.74, 6) is -0.792. The maximum atomic E-state index is 11.7. The number of fused-ring (bicyclic) bond motifs is 1. The molecule has 0 aliphatic heterocycles. The number of carbonyl (C=O) groups excluding carboxylic acids is 2. The summed E-state index contributed by atoms with van der Waals surface area (Å²) in [6.07, 6.45) is 0. The van der Waals surface area contributed by atoms with Gasteiger partial charge in [0.15, 0.2) is 4.80 Å². The van der Waals surface area contributed by atoms with E-state index in [1.807, 2.05) is 0 Å². The zero-order chi connectivity index (χ0) is 15.6. The fraction of sp³-hybridized carbons (Fsp3) is 0.308. The van der Waals surface area contributed by atoms with Gasteiger partial charge in [-0.1, -0.05) is 34.5 Å². The molecule has 1 aromatic heterocycles. The molecule has 21 heavy (non-hydrogen) atoms. The highest BCUT2D eigenvalue weighted by atomic mass is 35.5. The van der Waals surface area contributed by atoms with Crippen LogP contribution in [0.3, 0.4) is 0 Å². The molecule has 0 N–H and O–H groups in total. The molecule has 0 fully saturated rings. The van der Waals surface area contributed by atoms with Crippen LogP contribution >= 0.6 is 34.5 Å². The third kappa shape index (κ3) is 3.45. The van der Waals surface area contributed by atoms with Crippen molar-refractivity contribution in [3.05, 3.63) is 27.0 Å². The number of thiazole rings is 1. The largest absolute Gasteiger partial charge is 0.465 e. The van der Waals surface area contributed by atoms with Crippen LogP contribution in [0.25, 0.3) is 10.2 Å². The molecule has 0 saturated carbocycles. The summed E-state index contributed by atoms with van der Waals surface area (Å²) >= 11 is 13.5. The van der Waals surface area contributed by atoms with Crippen LogP contribution in [0.4, 0.5) is 0 Å². The standard InChI is InChI=1S/C13H12Cl2N2O3S/c1-3-20-10(19)6-17-12-9(5-4-8(14)11(12)15)21-13(17)16-7(2)18/h4-5H,3,6H2,1-2H3. The minimum atomic E-state index is -0.432. The van der Waals surface area contributed by atoms with Crippen molar-refractivity contribution in [2.24, 2.45) is 4.99 Å². The molecule has 0 saturated heterocycles. The lowest BCUT2D eigenvalue weighted by atomic mass is 10.3. The van der Waals surface area contributed by atoms with Gasteiger partial charge in [0.25, 0.3) is 0 Å². The molecule has 0 aliphatic carbocycles. The number of carbonyl (C=O) groups is 2. The molecule has 0 spiro atoms. The number of nitrogens with zero attached hydrogens (tertiary/aromatic N) is 2. The van der Waals surface area contributed by atoms with Crippen LogP contribution < -0.4 is 4.80 Å². The topological polar surface area (TPSA) is 60.7 Å². The smallest absolute Gasteiger partial charge is 0.326 e. The summed E-state index contributed by atoms with van der Waals surface area (Å²) in [5.41, 5.74) is 0.571. The van der Waals surface area contributed by atoms with E-state index in [2.05, 4.69) is 4.99 Å². The Morgan fingerprint density at radius 2 is 2.10 bits per heavy atom. The molecule has 5 nitrogen and oxygen atoms in total. The van der Waals surface area contributed by atoms with Gasteiger partial charge in [0.2, 0.25) is 5.91 Å². The third-order valence-electron chi connectivity index (χ3n) is 2.58. The van der Waals surface area contributed by atoms with Gasteiger partial charge < -0.3 is 9.30 Å². The summed E-state index contributed by atoms with van der Waals surface area (Å²) in [7, 11) is 0. The number of rotatable bonds is 3. The van der Waals surface area contributed by atoms with Crippen molar-refractivity contribution in [1.29, 1.82) is 0 Å². The van der Waals surface area contributed by atoms with Crippen LogP contribution in [-0.4, -0.2) is 23.1 Å². The lowest BCUT2D eigenvalue weighted by Gasteiger charge is -2.06. The van der Waals surface area contributed by atoms with E-state index in [-0.39, 0.29) is 19.1 Å². The molecule has 0 aliphatic rings. The SMILES string of the molecule is CCOC(=O)Cn1c(=NC(C)=O)sc2ccc(Cl)c(Cl)c21. The Balaban J connectivity index is 2.70. The highest BCUT2D eigenvalue weighted by Gasteiger charge is 2.15. The predicted molar refractivity (Wildman–Crippen MR) is 82.7 cm³/mol. The summed E-state index contributed by atoms with van der Waals surface area (Å²) in [6, 6.07) is 3.43. The lowest BCUT2D eigenvalue weighted by molar-refractivity contribution is -0.143. The molecule has 1 aromatic carbocycles. The average Bonchev–Trinajstić information content (AvgIpc) is 2.72. The summed E-state index contributed by atoms with van der Waals surface area (Å²) in [5, 5.41) is 0.689. The van der Waals surface area contributed by atoms with Gasteiger partial charge in [-0.25, -0.2) is 0 Å². The van der Waals surface area contributed by atoms with E-state index >= 15 is 0 Å². The first-order chi connectivity index (χ1) is 9.93. The van der Waals surface area contributed by atoms with E-state index in [9.17, 15) is 9.59 Å². The minimum Gasteiger partial charge on any atom is -0.465 e. The van der Waals surface area contributed by atoms with Crippen molar-refractivity contribution < 1.29 is 14.3 Å². The lowest BCUT2D eigenvalue weighted by Crippen LogP contribution is -2.22. The molecular formula is C13H12Cl2N2O3S. The molecule has 8 heteroatoms. The van der Waals surface area contributed by atoms with Gasteiger partial charge in [0.05, 0.1) is 26.9 Å². The third-order valence-corrected chi connectivity index (χ3v) is 4.42. The second-order valence-electron chi connectivity index (χ2n) is 4.11. The molecule has 112 valence electrons. The van der Waals surface area contributed by atoms with Gasteiger partial charge in [-0.05, 0) is 19.1 Å². The van der Waals surface area contributed by atoms with Gasteiger partial charge in [0, 0.05) is 6.92 Å². The Morgan fingerprint density at radius 1 is 1.38 bits per heavy atom. The molecule has 0 atom stereocenters. The molecule has 0 bridgehead atoms. The van der Waals surface area contributed by atoms with Gasteiger partial charge in [-0.3, -0.25) is 9.59 Å². The highest BCUT2D eigenvalue weighted by molar-refractivity contribution is 7.16. The quantitative estimate of drug-likeness (QED) is 0.802. The normalized spacial score (nSPS) is 11.9. The molecule has 2 aromatic rings. The number of hydrogen-bond acceptors (Lipinski definition) is 4. The van der Waals surface area contributed by atoms with Crippen LogP contribution in [0.5, 0.6) is 0 Å². The first-order valence-electron chi connectivity index (χ1n) is 6.12. The Labute approximate surface area is 134 Å². The van der Waals surface area contributed by atoms with E-state index in [0.717, 1.165) is 4.70 Å². The second kappa shape index (κ2) is 6.60. The predicted octanol–water partition coefficient (Wildman–Crippen LogP) is 3.02. The van der Waals surface area contributed by atoms with Crippen molar-refractivity contribution in [3.8, 4) is 0 Å². The van der Waals surface area contributed by atoms with E-state index in [4.69, 9.17) is 27.9 Å². The van der Waals surface area contributed by atoms with E-state index in [1.165, 1.54) is 18.3 Å². The molecule has 1 heterocycles. The number of ether oxygens (including phenoxy) is 1. The fourth-order valence-corrected chi connectivity index (χ4v) is 3.36. The monoisotopic (exact) mass is 346 g/mol. The van der Waals surface area contributed by atoms with Crippen molar-refractivity contribution in [2.75, 3.05) is 6.61 Å². The van der Waals surface area contributed by atoms with Crippen molar-refractivity contribution >= 4 is 56.6 Å². The fourth-order valence-electron chi connectivity index (χ4n) is 1.81. The molecule has 0 radical (unpaired) electrons. The zero-order valence-corrected chi connectivity index (χ0v) is 13.7. The Hall–Kier alpha value is -1.37. The Bertz CT molecular complexity index is 780. The highest BCUT2D eigenvalue weighted by Crippen LogP contribution is 2.32. The Kier molecular flexibility index (Phi) is 5.03. The number of aromatic nitrogens is 1. The number of amides is 1. The van der Waals surface area contributed by atoms with E-state index in [1.54, 1.807) is 23.6 Å². The first kappa shape index (κ1) is 16.0. The van der Waals surface area contributed by atoms with Gasteiger partial charge in [-0.15, -0.1) is 0 Å². The van der Waals surface area contributed by atoms with Crippen LogP contribution in [-0.2, 0) is 20.9 Å². The number of benzene rings is 1. The molecule has 2 rings (SSSR count). The summed E-state index contributed by atoms with van der Waals surface area (Å²) in [4.78, 5) is 27.3. The van der Waals surface area contributed by atoms with E-state index in [0.29, 0.717) is 20.4 Å². The second-order valence-corrected chi connectivity index (χ2v) is 5.91. The van der Waals surface area contributed by atoms with Gasteiger partial charge >= 0.3 is 5.97 Å². The molecule has 1 amide bonds. The van der Waals surface area contributed by atoms with Crippen LogP contribution in [0.1, 0.15) is 13.8 Å². The first-order valence-corrected chi connectivity index (χ1v) is 7.69. The Morgan fingerprint density at radius 3 is 2.71 bits per heavy atom. The van der Waals surface area contributed by atoms with Crippen molar-refractivity contribution in [1.82, 2.24) is 4.57 Å². The van der Waals surface area contributed by atoms with Crippen LogP contribution in [0.2, 0.25) is 10.0 Å². The maximum Gasteiger partial charge on any atom is 0.326 e. The van der Waals surface area contributed by atoms with E-state index < -0.39 is 5.97 Å². The van der Waals surface area contributed by atoms with Crippen LogP contribution in [0.15, 0.2) is 17.1 Å². The zero-order valence-electron chi connectivity index (χ0n) is 11.4. The van der Waals surface area contributed by atoms with Crippen LogP contribution in [0, 0.1) is 0 Å². The number of esters is 1. The molecular weight excluding hydrogens is 335 g/mol. The summed E-state index contributed by atoms with van der Waals surface area (Å²) < 4.78 is 7.27. The van der Waals surface area contributed by atoms with Gasteiger partial charge in [-0.2, -0.15) is 4.99 Å². The number of hydrogen-bond donors (Lipinski definition) is 0. The van der Waals surface area contributed by atoms with Crippen molar-refractivity contribution in [3.63, 3.8) is 0 Å². The summed E-state index contributed by atoms with van der Waals surface area (Å²) in [6.45, 7) is 3.25. The van der Waals surface area contributed by atoms with Gasteiger partial charge in [0.1, 0.15) is 6.54 Å². The maximum absolute atomic E-state index is 11.7.